The van der Waals surface area contributed by atoms with E-state index in [1.165, 1.54) is 0 Å². The van der Waals surface area contributed by atoms with E-state index in [0.29, 0.717) is 12.8 Å². The number of carbonyl (C=O) groups excluding carboxylic acids is 2. The minimum atomic E-state index is 0.0361. The summed E-state index contributed by atoms with van der Waals surface area (Å²) in [5.41, 5.74) is 1.01. The van der Waals surface area contributed by atoms with Crippen molar-refractivity contribution in [1.29, 1.82) is 0 Å². The van der Waals surface area contributed by atoms with E-state index in [-0.39, 0.29) is 24.3 Å². The second-order valence-electron chi connectivity index (χ2n) is 6.58. The monoisotopic (exact) mass is 375 g/mol. The number of aliphatic hydroxyl groups is 1. The van der Waals surface area contributed by atoms with E-state index in [0.717, 1.165) is 49.3 Å². The molecule has 0 aromatic heterocycles. The third kappa shape index (κ3) is 7.34. The highest BCUT2D eigenvalue weighted by molar-refractivity contribution is 7.99. The summed E-state index contributed by atoms with van der Waals surface area (Å²) in [6, 6.07) is 9.76. The molecule has 1 fully saturated rings. The summed E-state index contributed by atoms with van der Waals surface area (Å²) in [5, 5.41) is 8.80. The first-order valence-corrected chi connectivity index (χ1v) is 10.6. The molecule has 142 valence electrons. The Morgan fingerprint density at radius 1 is 1.23 bits per heavy atom. The van der Waals surface area contributed by atoms with Crippen molar-refractivity contribution in [1.82, 2.24) is 4.90 Å². The van der Waals surface area contributed by atoms with Gasteiger partial charge >= 0.3 is 0 Å². The van der Waals surface area contributed by atoms with Crippen molar-refractivity contribution in [3.8, 4) is 0 Å². The standard InChI is InChI=1S/C21H29NO3S/c23-14-4-5-15-26-16-13-22-19(9-6-10-21(22)25)11-12-20(24)17-18-7-2-1-3-8-18/h1-3,7-8,11-12,19,23H,4-6,9-10,13-17H2/t19-/m1/s1. The SMILES string of the molecule is O=C(C=C[C@H]1CCCC(=O)N1CCSCCCCO)Cc1ccccc1. The van der Waals surface area contributed by atoms with Crippen LogP contribution in [0.5, 0.6) is 0 Å². The van der Waals surface area contributed by atoms with Gasteiger partial charge in [0.1, 0.15) is 0 Å². The molecule has 1 N–H and O–H groups in total. The van der Waals surface area contributed by atoms with Crippen LogP contribution in [0.1, 0.15) is 37.7 Å². The Morgan fingerprint density at radius 3 is 2.81 bits per heavy atom. The van der Waals surface area contributed by atoms with Crippen LogP contribution in [0, 0.1) is 0 Å². The van der Waals surface area contributed by atoms with Gasteiger partial charge in [0.25, 0.3) is 0 Å². The predicted molar refractivity (Wildman–Crippen MR) is 107 cm³/mol. The Labute approximate surface area is 160 Å². The molecule has 0 aliphatic carbocycles. The second-order valence-corrected chi connectivity index (χ2v) is 7.80. The summed E-state index contributed by atoms with van der Waals surface area (Å²) in [6.45, 7) is 0.972. The lowest BCUT2D eigenvalue weighted by molar-refractivity contribution is -0.134. The molecule has 1 aliphatic heterocycles. The number of unbranched alkanes of at least 4 members (excludes halogenated alkanes) is 1. The molecule has 0 spiro atoms. The number of likely N-dealkylation sites (tertiary alicyclic amines) is 1. The lowest BCUT2D eigenvalue weighted by atomic mass is 10.00. The summed E-state index contributed by atoms with van der Waals surface area (Å²) in [5.74, 6) is 2.18. The molecule has 4 nitrogen and oxygen atoms in total. The number of rotatable bonds is 11. The van der Waals surface area contributed by atoms with Gasteiger partial charge < -0.3 is 10.0 Å². The van der Waals surface area contributed by atoms with Crippen LogP contribution in [-0.2, 0) is 16.0 Å². The van der Waals surface area contributed by atoms with Crippen LogP contribution < -0.4 is 0 Å². The first kappa shape index (κ1) is 20.7. The molecule has 1 atom stereocenters. The van der Waals surface area contributed by atoms with Gasteiger partial charge in [-0.05, 0) is 43.1 Å². The zero-order valence-electron chi connectivity index (χ0n) is 15.3. The van der Waals surface area contributed by atoms with Crippen molar-refractivity contribution in [3.63, 3.8) is 0 Å². The Kier molecular flexibility index (Phi) is 9.50. The van der Waals surface area contributed by atoms with Gasteiger partial charge in [-0.1, -0.05) is 36.4 Å². The van der Waals surface area contributed by atoms with Crippen LogP contribution in [0.4, 0.5) is 0 Å². The van der Waals surface area contributed by atoms with E-state index in [1.54, 1.807) is 6.08 Å². The number of allylic oxidation sites excluding steroid dienone is 1. The quantitative estimate of drug-likeness (QED) is 0.476. The molecule has 1 amide bonds. The van der Waals surface area contributed by atoms with Gasteiger partial charge in [0.15, 0.2) is 5.78 Å². The maximum atomic E-state index is 12.3. The maximum absolute atomic E-state index is 12.3. The van der Waals surface area contributed by atoms with Crippen molar-refractivity contribution < 1.29 is 14.7 Å². The fourth-order valence-electron chi connectivity index (χ4n) is 3.09. The van der Waals surface area contributed by atoms with Crippen LogP contribution in [-0.4, -0.2) is 52.4 Å². The molecule has 1 saturated heterocycles. The molecule has 26 heavy (non-hydrogen) atoms. The Hall–Kier alpha value is -1.59. The van der Waals surface area contributed by atoms with Crippen molar-refractivity contribution >= 4 is 23.5 Å². The van der Waals surface area contributed by atoms with E-state index in [2.05, 4.69) is 0 Å². The number of thioether (sulfide) groups is 1. The maximum Gasteiger partial charge on any atom is 0.223 e. The Bertz CT molecular complexity index is 588. The lowest BCUT2D eigenvalue weighted by Gasteiger charge is -2.34. The van der Waals surface area contributed by atoms with Crippen LogP contribution in [0.25, 0.3) is 0 Å². The zero-order valence-corrected chi connectivity index (χ0v) is 16.1. The van der Waals surface area contributed by atoms with Crippen molar-refractivity contribution in [3.05, 3.63) is 48.0 Å². The molecule has 1 aromatic carbocycles. The highest BCUT2D eigenvalue weighted by Gasteiger charge is 2.25. The number of piperidine rings is 1. The fourth-order valence-corrected chi connectivity index (χ4v) is 4.03. The minimum Gasteiger partial charge on any atom is -0.396 e. The molecule has 0 radical (unpaired) electrons. The number of carbonyl (C=O) groups is 2. The van der Waals surface area contributed by atoms with Gasteiger partial charge in [0.05, 0.1) is 6.04 Å². The molecule has 2 rings (SSSR count). The second kappa shape index (κ2) is 11.9. The average molecular weight is 376 g/mol. The number of hydrogen-bond acceptors (Lipinski definition) is 4. The third-order valence-corrected chi connectivity index (χ3v) is 5.56. The topological polar surface area (TPSA) is 57.6 Å². The molecule has 5 heteroatoms. The lowest BCUT2D eigenvalue weighted by Crippen LogP contribution is -2.43. The average Bonchev–Trinajstić information content (AvgIpc) is 2.65. The van der Waals surface area contributed by atoms with Crippen LogP contribution in [0.3, 0.4) is 0 Å². The molecule has 1 aromatic rings. The number of aliphatic hydroxyl groups excluding tert-OH is 1. The summed E-state index contributed by atoms with van der Waals surface area (Å²) in [6.07, 6.45) is 8.24. The number of hydrogen-bond donors (Lipinski definition) is 1. The summed E-state index contributed by atoms with van der Waals surface area (Å²) >= 11 is 1.82. The number of amides is 1. The number of benzene rings is 1. The van der Waals surface area contributed by atoms with Crippen molar-refractivity contribution in [2.24, 2.45) is 0 Å². The van der Waals surface area contributed by atoms with Crippen LogP contribution >= 0.6 is 11.8 Å². The largest absolute Gasteiger partial charge is 0.396 e. The molecule has 1 aliphatic rings. The first-order chi connectivity index (χ1) is 12.7. The van der Waals surface area contributed by atoms with Crippen LogP contribution in [0.15, 0.2) is 42.5 Å². The van der Waals surface area contributed by atoms with Crippen molar-refractivity contribution in [2.45, 2.75) is 44.6 Å². The van der Waals surface area contributed by atoms with E-state index >= 15 is 0 Å². The number of ketones is 1. The highest BCUT2D eigenvalue weighted by Crippen LogP contribution is 2.20. The highest BCUT2D eigenvalue weighted by atomic mass is 32.2. The van der Waals surface area contributed by atoms with Gasteiger partial charge in [-0.2, -0.15) is 11.8 Å². The third-order valence-electron chi connectivity index (χ3n) is 4.51. The normalized spacial score (nSPS) is 17.8. The molecule has 1 heterocycles. The van der Waals surface area contributed by atoms with Gasteiger partial charge in [0, 0.05) is 31.7 Å². The van der Waals surface area contributed by atoms with E-state index in [1.807, 2.05) is 53.1 Å². The summed E-state index contributed by atoms with van der Waals surface area (Å²) < 4.78 is 0. The summed E-state index contributed by atoms with van der Waals surface area (Å²) in [7, 11) is 0. The molecule has 0 bridgehead atoms. The van der Waals surface area contributed by atoms with Crippen LogP contribution in [0.2, 0.25) is 0 Å². The van der Waals surface area contributed by atoms with Gasteiger partial charge in [-0.15, -0.1) is 0 Å². The Morgan fingerprint density at radius 2 is 2.04 bits per heavy atom. The van der Waals surface area contributed by atoms with E-state index in [9.17, 15) is 9.59 Å². The zero-order chi connectivity index (χ0) is 18.6. The fraction of sp³-hybridized carbons (Fsp3) is 0.524. The number of nitrogens with zero attached hydrogens (tertiary/aromatic N) is 1. The predicted octanol–water partition coefficient (Wildman–Crippen LogP) is 3.24. The van der Waals surface area contributed by atoms with E-state index < -0.39 is 0 Å². The smallest absolute Gasteiger partial charge is 0.223 e. The Balaban J connectivity index is 1.82. The molecular formula is C21H29NO3S. The van der Waals surface area contributed by atoms with Gasteiger partial charge in [-0.3, -0.25) is 9.59 Å². The molecular weight excluding hydrogens is 346 g/mol. The van der Waals surface area contributed by atoms with Gasteiger partial charge in [0.2, 0.25) is 5.91 Å². The summed E-state index contributed by atoms with van der Waals surface area (Å²) in [4.78, 5) is 26.4. The molecule has 0 unspecified atom stereocenters. The van der Waals surface area contributed by atoms with Crippen molar-refractivity contribution in [2.75, 3.05) is 24.7 Å². The van der Waals surface area contributed by atoms with Gasteiger partial charge in [-0.25, -0.2) is 0 Å². The first-order valence-electron chi connectivity index (χ1n) is 9.43. The molecule has 0 saturated carbocycles. The van der Waals surface area contributed by atoms with E-state index in [4.69, 9.17) is 5.11 Å². The minimum absolute atomic E-state index is 0.0361.